The van der Waals surface area contributed by atoms with Gasteiger partial charge in [-0.25, -0.2) is 12.8 Å². The van der Waals surface area contributed by atoms with E-state index in [-0.39, 0.29) is 24.9 Å². The molecule has 0 spiro atoms. The number of rotatable bonds is 11. The molecule has 41 heavy (non-hydrogen) atoms. The standard InChI is InChI=1S/C32H38FN3O4S/c1-24-11-9-10-16-29(24)36(41(2,39)40)23-31(37)35(22-26-17-19-27(33)20-18-26)30(21-25-12-5-3-6-13-25)32(38)34-28-14-7-4-8-15-28/h3,5-6,9-13,16-20,28,30H,4,7-8,14-15,21-23H2,1-2H3,(H,34,38)/t30-/m1/s1. The van der Waals surface area contributed by atoms with Crippen LogP contribution in [0.15, 0.2) is 78.9 Å². The maximum atomic E-state index is 14.2. The summed E-state index contributed by atoms with van der Waals surface area (Å²) in [6, 6.07) is 21.3. The minimum atomic E-state index is -3.84. The van der Waals surface area contributed by atoms with E-state index < -0.39 is 34.3 Å². The summed E-state index contributed by atoms with van der Waals surface area (Å²) < 4.78 is 40.7. The lowest BCUT2D eigenvalue weighted by Gasteiger charge is -2.35. The molecule has 1 fully saturated rings. The number of benzene rings is 3. The predicted octanol–water partition coefficient (Wildman–Crippen LogP) is 4.99. The first-order valence-corrected chi connectivity index (χ1v) is 15.9. The number of nitrogens with one attached hydrogen (secondary N) is 1. The van der Waals surface area contributed by atoms with E-state index >= 15 is 0 Å². The van der Waals surface area contributed by atoms with Gasteiger partial charge >= 0.3 is 0 Å². The fourth-order valence-electron chi connectivity index (χ4n) is 5.32. The second-order valence-corrected chi connectivity index (χ2v) is 12.7. The van der Waals surface area contributed by atoms with Gasteiger partial charge in [0, 0.05) is 19.0 Å². The van der Waals surface area contributed by atoms with Gasteiger partial charge in [0.15, 0.2) is 0 Å². The lowest BCUT2D eigenvalue weighted by atomic mass is 9.94. The molecule has 3 aromatic carbocycles. The van der Waals surface area contributed by atoms with Crippen molar-refractivity contribution in [2.75, 3.05) is 17.1 Å². The van der Waals surface area contributed by atoms with E-state index in [9.17, 15) is 22.4 Å². The topological polar surface area (TPSA) is 86.8 Å². The summed E-state index contributed by atoms with van der Waals surface area (Å²) in [5, 5.41) is 3.17. The van der Waals surface area contributed by atoms with Crippen LogP contribution in [0.25, 0.3) is 0 Å². The zero-order valence-electron chi connectivity index (χ0n) is 23.6. The van der Waals surface area contributed by atoms with Crippen LogP contribution in [-0.4, -0.2) is 50.0 Å². The number of sulfonamides is 1. The molecule has 4 rings (SSSR count). The Balaban J connectivity index is 1.72. The number of aryl methyl sites for hydroxylation is 1. The van der Waals surface area contributed by atoms with Crippen LogP contribution in [0.1, 0.15) is 48.8 Å². The van der Waals surface area contributed by atoms with E-state index in [4.69, 9.17) is 0 Å². The summed E-state index contributed by atoms with van der Waals surface area (Å²) in [5.74, 6) is -1.22. The fourth-order valence-corrected chi connectivity index (χ4v) is 6.23. The quantitative estimate of drug-likeness (QED) is 0.347. The number of para-hydroxylation sites is 1. The molecule has 2 amide bonds. The highest BCUT2D eigenvalue weighted by atomic mass is 32.2. The SMILES string of the molecule is Cc1ccccc1N(CC(=O)N(Cc1ccc(F)cc1)[C@H](Cc1ccccc1)C(=O)NC1CCCCC1)S(C)(=O)=O. The van der Waals surface area contributed by atoms with Crippen molar-refractivity contribution in [2.24, 2.45) is 0 Å². The maximum absolute atomic E-state index is 14.2. The molecule has 7 nitrogen and oxygen atoms in total. The van der Waals surface area contributed by atoms with Gasteiger partial charge in [-0.2, -0.15) is 0 Å². The van der Waals surface area contributed by atoms with Gasteiger partial charge in [-0.15, -0.1) is 0 Å². The molecule has 0 radical (unpaired) electrons. The molecule has 0 saturated heterocycles. The van der Waals surface area contributed by atoms with Crippen LogP contribution in [-0.2, 0) is 32.6 Å². The fraction of sp³-hybridized carbons (Fsp3) is 0.375. The Labute approximate surface area is 242 Å². The molecule has 0 heterocycles. The Morgan fingerprint density at radius 2 is 1.54 bits per heavy atom. The second-order valence-electron chi connectivity index (χ2n) is 10.8. The molecule has 0 aliphatic heterocycles. The van der Waals surface area contributed by atoms with Crippen molar-refractivity contribution in [3.63, 3.8) is 0 Å². The first-order valence-electron chi connectivity index (χ1n) is 14.0. The molecular formula is C32H38FN3O4S. The summed E-state index contributed by atoms with van der Waals surface area (Å²) in [5.41, 5.74) is 2.60. The summed E-state index contributed by atoms with van der Waals surface area (Å²) >= 11 is 0. The highest BCUT2D eigenvalue weighted by molar-refractivity contribution is 7.92. The molecule has 1 aliphatic rings. The lowest BCUT2D eigenvalue weighted by molar-refractivity contribution is -0.140. The summed E-state index contributed by atoms with van der Waals surface area (Å²) in [7, 11) is -3.84. The van der Waals surface area contributed by atoms with Gasteiger partial charge in [0.1, 0.15) is 18.4 Å². The van der Waals surface area contributed by atoms with Crippen LogP contribution >= 0.6 is 0 Å². The van der Waals surface area contributed by atoms with E-state index in [0.717, 1.165) is 48.2 Å². The molecule has 1 atom stereocenters. The summed E-state index contributed by atoms with van der Waals surface area (Å²) in [6.07, 6.45) is 6.27. The largest absolute Gasteiger partial charge is 0.352 e. The number of hydrogen-bond acceptors (Lipinski definition) is 4. The molecule has 0 bridgehead atoms. The molecule has 1 aliphatic carbocycles. The average Bonchev–Trinajstić information content (AvgIpc) is 2.95. The van der Waals surface area contributed by atoms with Gasteiger partial charge in [0.2, 0.25) is 21.8 Å². The number of halogens is 1. The van der Waals surface area contributed by atoms with Crippen molar-refractivity contribution >= 4 is 27.5 Å². The van der Waals surface area contributed by atoms with Gasteiger partial charge in [0.05, 0.1) is 11.9 Å². The number of carbonyl (C=O) groups is 2. The van der Waals surface area contributed by atoms with Gasteiger partial charge in [-0.05, 0) is 54.7 Å². The summed E-state index contributed by atoms with van der Waals surface area (Å²) in [6.45, 7) is 1.32. The number of nitrogens with zero attached hydrogens (tertiary/aromatic N) is 2. The minimum absolute atomic E-state index is 0.0140. The van der Waals surface area contributed by atoms with Gasteiger partial charge < -0.3 is 10.2 Å². The highest BCUT2D eigenvalue weighted by Crippen LogP contribution is 2.24. The van der Waals surface area contributed by atoms with Gasteiger partial charge in [0.25, 0.3) is 0 Å². The smallest absolute Gasteiger partial charge is 0.244 e. The molecule has 0 aromatic heterocycles. The van der Waals surface area contributed by atoms with Crippen LogP contribution in [0.2, 0.25) is 0 Å². The van der Waals surface area contributed by atoms with Crippen LogP contribution in [0, 0.1) is 12.7 Å². The van der Waals surface area contributed by atoms with Crippen LogP contribution in [0.4, 0.5) is 10.1 Å². The number of amides is 2. The zero-order valence-corrected chi connectivity index (χ0v) is 24.4. The maximum Gasteiger partial charge on any atom is 0.244 e. The van der Waals surface area contributed by atoms with Crippen molar-refractivity contribution in [1.82, 2.24) is 10.2 Å². The van der Waals surface area contributed by atoms with E-state index in [0.29, 0.717) is 16.8 Å². The molecule has 1 N–H and O–H groups in total. The van der Waals surface area contributed by atoms with Crippen LogP contribution in [0.5, 0.6) is 0 Å². The normalized spacial score (nSPS) is 14.7. The third-order valence-corrected chi connectivity index (χ3v) is 8.68. The number of hydrogen-bond donors (Lipinski definition) is 1. The lowest BCUT2D eigenvalue weighted by Crippen LogP contribution is -2.55. The Morgan fingerprint density at radius 1 is 0.902 bits per heavy atom. The van der Waals surface area contributed by atoms with Crippen LogP contribution < -0.4 is 9.62 Å². The Kier molecular flexibility index (Phi) is 10.2. The third-order valence-electron chi connectivity index (χ3n) is 7.55. The number of anilines is 1. The summed E-state index contributed by atoms with van der Waals surface area (Å²) in [4.78, 5) is 29.5. The molecule has 1 saturated carbocycles. The van der Waals surface area contributed by atoms with Gasteiger partial charge in [-0.3, -0.25) is 13.9 Å². The van der Waals surface area contributed by atoms with Crippen molar-refractivity contribution in [3.05, 3.63) is 101 Å². The van der Waals surface area contributed by atoms with Crippen molar-refractivity contribution in [3.8, 4) is 0 Å². The Hall–Kier alpha value is -3.72. The van der Waals surface area contributed by atoms with Crippen molar-refractivity contribution < 1.29 is 22.4 Å². The van der Waals surface area contributed by atoms with Gasteiger partial charge in [-0.1, -0.05) is 79.9 Å². The zero-order chi connectivity index (χ0) is 29.4. The van der Waals surface area contributed by atoms with E-state index in [1.165, 1.54) is 17.0 Å². The average molecular weight is 580 g/mol. The molecule has 3 aromatic rings. The van der Waals surface area contributed by atoms with E-state index in [1.54, 1.807) is 43.3 Å². The van der Waals surface area contributed by atoms with E-state index in [2.05, 4.69) is 5.32 Å². The highest BCUT2D eigenvalue weighted by Gasteiger charge is 2.34. The first-order chi connectivity index (χ1) is 19.6. The third kappa shape index (κ3) is 8.39. The molecular weight excluding hydrogens is 541 g/mol. The Morgan fingerprint density at radius 3 is 2.17 bits per heavy atom. The number of carbonyl (C=O) groups excluding carboxylic acids is 2. The first kappa shape index (κ1) is 30.2. The monoisotopic (exact) mass is 579 g/mol. The molecule has 0 unspecified atom stereocenters. The predicted molar refractivity (Wildman–Crippen MR) is 159 cm³/mol. The van der Waals surface area contributed by atoms with E-state index in [1.807, 2.05) is 30.3 Å². The Bertz CT molecular complexity index is 1420. The second kappa shape index (κ2) is 13.8. The van der Waals surface area contributed by atoms with Crippen molar-refractivity contribution in [1.29, 1.82) is 0 Å². The molecule has 9 heteroatoms. The van der Waals surface area contributed by atoms with Crippen LogP contribution in [0.3, 0.4) is 0 Å². The van der Waals surface area contributed by atoms with Crippen molar-refractivity contribution in [2.45, 2.75) is 64.1 Å². The molecule has 218 valence electrons. The minimum Gasteiger partial charge on any atom is -0.352 e.